The van der Waals surface area contributed by atoms with Crippen molar-refractivity contribution in [3.63, 3.8) is 0 Å². The molecule has 192 valence electrons. The van der Waals surface area contributed by atoms with Gasteiger partial charge in [-0.25, -0.2) is 0 Å². The Balaban J connectivity index is 1.62. The van der Waals surface area contributed by atoms with Crippen molar-refractivity contribution < 1.29 is 14.0 Å². The monoisotopic (exact) mass is 482 g/mol. The molecule has 35 heavy (non-hydrogen) atoms. The molecule has 1 fully saturated rings. The third-order valence-electron chi connectivity index (χ3n) is 7.87. The lowest BCUT2D eigenvalue weighted by Gasteiger charge is -2.45. The Kier molecular flexibility index (Phi) is 8.37. The van der Waals surface area contributed by atoms with Gasteiger partial charge in [0.1, 0.15) is 17.0 Å². The van der Waals surface area contributed by atoms with E-state index >= 15 is 0 Å². The van der Waals surface area contributed by atoms with Gasteiger partial charge in [0, 0.05) is 19.1 Å². The minimum absolute atomic E-state index is 0.0425. The van der Waals surface area contributed by atoms with E-state index in [9.17, 15) is 9.59 Å². The molecule has 4 rings (SSSR count). The van der Waals surface area contributed by atoms with Crippen molar-refractivity contribution in [3.8, 4) is 11.5 Å². The molecule has 0 aromatic carbocycles. The van der Waals surface area contributed by atoms with E-state index in [1.54, 1.807) is 6.26 Å². The highest BCUT2D eigenvalue weighted by molar-refractivity contribution is 6.00. The van der Waals surface area contributed by atoms with Crippen molar-refractivity contribution in [2.75, 3.05) is 26.2 Å². The van der Waals surface area contributed by atoms with Crippen LogP contribution in [0.4, 0.5) is 0 Å². The van der Waals surface area contributed by atoms with Crippen LogP contribution < -0.4 is 5.32 Å². The molecule has 1 aliphatic carbocycles. The molecule has 1 saturated carbocycles. The van der Waals surface area contributed by atoms with Crippen LogP contribution in [0.15, 0.2) is 34.9 Å². The van der Waals surface area contributed by atoms with Gasteiger partial charge in [-0.3, -0.25) is 9.59 Å². The Morgan fingerprint density at radius 2 is 1.86 bits per heavy atom. The van der Waals surface area contributed by atoms with Crippen molar-refractivity contribution in [1.82, 2.24) is 19.7 Å². The molecule has 1 atom stereocenters. The average molecular weight is 483 g/mol. The molecule has 7 nitrogen and oxygen atoms in total. The molecule has 0 bridgehead atoms. The van der Waals surface area contributed by atoms with Gasteiger partial charge < -0.3 is 24.1 Å². The van der Waals surface area contributed by atoms with Crippen molar-refractivity contribution in [3.05, 3.63) is 36.2 Å². The van der Waals surface area contributed by atoms with Crippen LogP contribution in [-0.2, 0) is 11.3 Å². The summed E-state index contributed by atoms with van der Waals surface area (Å²) in [6.07, 6.45) is 10.7. The first-order chi connectivity index (χ1) is 17.0. The van der Waals surface area contributed by atoms with Gasteiger partial charge in [-0.15, -0.1) is 0 Å². The highest BCUT2D eigenvalue weighted by Gasteiger charge is 2.48. The fraction of sp³-hybridized carbons (Fsp3) is 0.643. The molecular formula is C28H42N4O3. The number of hydrogen-bond acceptors (Lipinski definition) is 4. The number of nitrogens with zero attached hydrogens (tertiary/aromatic N) is 3. The summed E-state index contributed by atoms with van der Waals surface area (Å²) in [7, 11) is 0. The van der Waals surface area contributed by atoms with E-state index in [0.29, 0.717) is 24.5 Å². The SMILES string of the molecule is CCCCN(CC)CCN1C(=O)c2ccc(-c3ccco3)n2C[C@@]1(C)C(=O)NC1CCCCCC1. The maximum Gasteiger partial charge on any atom is 0.271 e. The number of carbonyl (C=O) groups is 2. The van der Waals surface area contributed by atoms with Gasteiger partial charge in [-0.05, 0) is 63.5 Å². The topological polar surface area (TPSA) is 70.7 Å². The average Bonchev–Trinajstić information content (AvgIpc) is 3.45. The van der Waals surface area contributed by atoms with Crippen LogP contribution in [0.1, 0.15) is 82.6 Å². The molecule has 2 aromatic rings. The lowest BCUT2D eigenvalue weighted by Crippen LogP contribution is -2.65. The van der Waals surface area contributed by atoms with Crippen molar-refractivity contribution >= 4 is 11.8 Å². The summed E-state index contributed by atoms with van der Waals surface area (Å²) in [6.45, 7) is 9.95. The Morgan fingerprint density at radius 3 is 2.51 bits per heavy atom. The van der Waals surface area contributed by atoms with E-state index in [-0.39, 0.29) is 17.9 Å². The van der Waals surface area contributed by atoms with Crippen LogP contribution >= 0.6 is 0 Å². The molecular weight excluding hydrogens is 440 g/mol. The fourth-order valence-corrected chi connectivity index (χ4v) is 5.58. The van der Waals surface area contributed by atoms with Crippen LogP contribution in [0.2, 0.25) is 0 Å². The maximum absolute atomic E-state index is 13.9. The zero-order valence-electron chi connectivity index (χ0n) is 21.7. The van der Waals surface area contributed by atoms with Crippen molar-refractivity contribution in [2.45, 2.75) is 90.3 Å². The molecule has 0 radical (unpaired) electrons. The first kappa shape index (κ1) is 25.5. The predicted molar refractivity (Wildman–Crippen MR) is 138 cm³/mol. The molecule has 3 heterocycles. The van der Waals surface area contributed by atoms with Gasteiger partial charge in [0.05, 0.1) is 18.5 Å². The Hall–Kier alpha value is -2.54. The molecule has 2 aromatic heterocycles. The number of rotatable bonds is 10. The number of hydrogen-bond donors (Lipinski definition) is 1. The number of amides is 2. The van der Waals surface area contributed by atoms with E-state index < -0.39 is 5.54 Å². The normalized spacial score (nSPS) is 21.3. The minimum Gasteiger partial charge on any atom is -0.463 e. The Bertz CT molecular complexity index is 974. The predicted octanol–water partition coefficient (Wildman–Crippen LogP) is 4.92. The quantitative estimate of drug-likeness (QED) is 0.488. The van der Waals surface area contributed by atoms with E-state index in [4.69, 9.17) is 4.42 Å². The van der Waals surface area contributed by atoms with Crippen LogP contribution in [-0.4, -0.2) is 63.9 Å². The van der Waals surface area contributed by atoms with E-state index in [0.717, 1.165) is 63.9 Å². The smallest absolute Gasteiger partial charge is 0.271 e. The number of carbonyl (C=O) groups excluding carboxylic acids is 2. The summed E-state index contributed by atoms with van der Waals surface area (Å²) in [4.78, 5) is 32.0. The van der Waals surface area contributed by atoms with Gasteiger partial charge in [-0.2, -0.15) is 0 Å². The second kappa shape index (κ2) is 11.5. The highest BCUT2D eigenvalue weighted by Crippen LogP contribution is 2.33. The number of fused-ring (bicyclic) bond motifs is 1. The number of furan rings is 1. The first-order valence-electron chi connectivity index (χ1n) is 13.6. The van der Waals surface area contributed by atoms with Crippen LogP contribution in [0.3, 0.4) is 0 Å². The molecule has 2 amide bonds. The number of nitrogens with one attached hydrogen (secondary N) is 1. The largest absolute Gasteiger partial charge is 0.463 e. The first-order valence-corrected chi connectivity index (χ1v) is 13.6. The molecule has 0 unspecified atom stereocenters. The van der Waals surface area contributed by atoms with E-state index in [1.807, 2.05) is 40.7 Å². The minimum atomic E-state index is -0.971. The molecule has 7 heteroatoms. The summed E-state index contributed by atoms with van der Waals surface area (Å²) in [5.41, 5.74) is 0.485. The second-order valence-corrected chi connectivity index (χ2v) is 10.3. The lowest BCUT2D eigenvalue weighted by molar-refractivity contribution is -0.133. The lowest BCUT2D eigenvalue weighted by atomic mass is 9.93. The summed E-state index contributed by atoms with van der Waals surface area (Å²) in [5, 5.41) is 3.35. The summed E-state index contributed by atoms with van der Waals surface area (Å²) in [6, 6.07) is 7.73. The van der Waals surface area contributed by atoms with E-state index in [2.05, 4.69) is 24.1 Å². The van der Waals surface area contributed by atoms with Gasteiger partial charge in [0.15, 0.2) is 0 Å². The summed E-state index contributed by atoms with van der Waals surface area (Å²) >= 11 is 0. The molecule has 1 aliphatic heterocycles. The Morgan fingerprint density at radius 1 is 1.11 bits per heavy atom. The van der Waals surface area contributed by atoms with Gasteiger partial charge >= 0.3 is 0 Å². The van der Waals surface area contributed by atoms with Crippen LogP contribution in [0, 0.1) is 0 Å². The standard InChI is InChI=1S/C28H42N4O3/c1-4-6-17-30(5-2)18-19-32-26(33)24-16-15-23(25-14-11-20-35-25)31(24)21-28(32,3)27(34)29-22-12-9-7-8-10-13-22/h11,14-16,20,22H,4-10,12-13,17-19,21H2,1-3H3,(H,29,34)/t28-/m0/s1. The highest BCUT2D eigenvalue weighted by atomic mass is 16.3. The summed E-state index contributed by atoms with van der Waals surface area (Å²) < 4.78 is 7.62. The third-order valence-corrected chi connectivity index (χ3v) is 7.87. The van der Waals surface area contributed by atoms with Gasteiger partial charge in [-0.1, -0.05) is 46.0 Å². The Labute approximate surface area is 209 Å². The third kappa shape index (κ3) is 5.50. The molecule has 0 spiro atoms. The number of unbranched alkanes of at least 4 members (excludes halogenated alkanes) is 1. The number of aromatic nitrogens is 1. The van der Waals surface area contributed by atoms with Crippen LogP contribution in [0.25, 0.3) is 11.5 Å². The van der Waals surface area contributed by atoms with Gasteiger partial charge in [0.2, 0.25) is 5.91 Å². The zero-order chi connectivity index (χ0) is 24.8. The molecule has 2 aliphatic rings. The molecule has 1 N–H and O–H groups in total. The zero-order valence-corrected chi connectivity index (χ0v) is 21.7. The number of likely N-dealkylation sites (N-methyl/N-ethyl adjacent to an activating group) is 1. The second-order valence-electron chi connectivity index (χ2n) is 10.3. The summed E-state index contributed by atoms with van der Waals surface area (Å²) in [5.74, 6) is 0.582. The van der Waals surface area contributed by atoms with Gasteiger partial charge in [0.25, 0.3) is 5.91 Å². The van der Waals surface area contributed by atoms with Crippen molar-refractivity contribution in [2.24, 2.45) is 0 Å². The molecule has 0 saturated heterocycles. The van der Waals surface area contributed by atoms with E-state index in [1.165, 1.54) is 12.8 Å². The maximum atomic E-state index is 13.9. The van der Waals surface area contributed by atoms with Crippen LogP contribution in [0.5, 0.6) is 0 Å². The fourth-order valence-electron chi connectivity index (χ4n) is 5.58. The van der Waals surface area contributed by atoms with Crippen molar-refractivity contribution in [1.29, 1.82) is 0 Å².